The molecule has 0 radical (unpaired) electrons. The first-order chi connectivity index (χ1) is 33.7. The van der Waals surface area contributed by atoms with Crippen molar-refractivity contribution in [2.24, 2.45) is 0 Å². The number of ketones is 2. The van der Waals surface area contributed by atoms with E-state index in [0.717, 1.165) is 111 Å². The first-order valence-corrected chi connectivity index (χ1v) is 25.1. The lowest BCUT2D eigenvalue weighted by molar-refractivity contribution is -0.138. The van der Waals surface area contributed by atoms with Crippen molar-refractivity contribution in [1.82, 2.24) is 40.8 Å². The van der Waals surface area contributed by atoms with Crippen molar-refractivity contribution >= 4 is 75.3 Å². The molecule has 0 saturated carbocycles. The van der Waals surface area contributed by atoms with Crippen LogP contribution < -0.4 is 16.0 Å². The molecule has 0 aromatic carbocycles. The molecular formula is C55H72N8O7. The van der Waals surface area contributed by atoms with Gasteiger partial charge in [0.05, 0.1) is 59.5 Å². The van der Waals surface area contributed by atoms with Gasteiger partial charge in [-0.05, 0) is 125 Å². The molecule has 0 saturated heterocycles. The normalized spacial score (nSPS) is 16.0. The number of carbonyl (C=O) groups is 6. The molecule has 0 fully saturated rings. The highest BCUT2D eigenvalue weighted by Crippen LogP contribution is 2.46. The zero-order valence-electron chi connectivity index (χ0n) is 42.2. The van der Waals surface area contributed by atoms with Crippen LogP contribution in [0.4, 0.5) is 0 Å². The second kappa shape index (κ2) is 24.6. The number of carbonyl (C=O) groups excluding carboxylic acids is 5. The standard InChI is InChI=1S/C55H72N8O7/c1-9-36(55(70)42(57-23-25-64)20-22-56-31-63(24-26-65)30-49(68)69)17-15-13-14-16-21-58-48(67)19-18-40-34(7)52-39(12-4)51-33(6)38(11-3)46(61-51)28-43-32(5)37(10-2)45(59-43)29-44-35(8)50-47(66)27-41(53(40)62-52)54(50)60-44/h9,12,25-26,28-29,34,40,42,56-57,60-61H,4,10-11,13-24,27,30-31H2,1-3,5-8H3,(H,58,67)(H,68,69)/b36-9+,43-28?,44-29?,45-29?,46-28?,51-39?,52-39?,53-41?/t34-,40-,42?/m0/s1. The summed E-state index contributed by atoms with van der Waals surface area (Å²) in [6, 6.07) is 3.64. The molecule has 2 aliphatic heterocycles. The number of unbranched alkanes of at least 4 members (excludes halogenated alkanes) is 3. The van der Waals surface area contributed by atoms with E-state index >= 15 is 0 Å². The van der Waals surface area contributed by atoms with Crippen LogP contribution in [-0.4, -0.2) is 111 Å². The number of allylic oxidation sites excluding steroid dienone is 3. The quantitative estimate of drug-likeness (QED) is 0.0185. The molecule has 6 rings (SSSR count). The zero-order valence-corrected chi connectivity index (χ0v) is 42.2. The van der Waals surface area contributed by atoms with E-state index in [0.29, 0.717) is 62.5 Å². The topological polar surface area (TPSA) is 219 Å². The first kappa shape index (κ1) is 53.2. The Morgan fingerprint density at radius 3 is 2.36 bits per heavy atom. The van der Waals surface area contributed by atoms with Crippen LogP contribution in [0, 0.1) is 13.8 Å². The molecule has 1 unspecified atom stereocenters. The van der Waals surface area contributed by atoms with Crippen LogP contribution in [0.5, 0.6) is 0 Å². The third-order valence-electron chi connectivity index (χ3n) is 14.4. The lowest BCUT2D eigenvalue weighted by atomic mass is 9.84. The predicted octanol–water partition coefficient (Wildman–Crippen LogP) is 8.15. The van der Waals surface area contributed by atoms with E-state index in [1.54, 1.807) is 0 Å². The number of rotatable bonds is 27. The Morgan fingerprint density at radius 2 is 1.67 bits per heavy atom. The Labute approximate surface area is 411 Å². The highest BCUT2D eigenvalue weighted by molar-refractivity contribution is 6.13. The van der Waals surface area contributed by atoms with Gasteiger partial charge in [0.15, 0.2) is 11.6 Å². The number of Topliss-reactive ketones (excluding diaryl/α,β-unsaturated/α-hetero) is 2. The second-order valence-corrected chi connectivity index (χ2v) is 18.8. The maximum absolute atomic E-state index is 13.9. The Kier molecular flexibility index (Phi) is 18.7. The molecule has 15 nitrogen and oxygen atoms in total. The maximum atomic E-state index is 13.9. The Bertz CT molecular complexity index is 2740. The minimum absolute atomic E-state index is 0.0223. The molecule has 1 amide bonds. The SMILES string of the molecule is C=Cc1c2nc(c3c4[nH]c(cc5nc(cc6[nH]c1c(C)c6CC)C(C)=C5CC)c(C)c4C(=O)C3)[C@@H](CCC(=O)NCCCCCC/C(=C\C)C(=O)C(CCNCN(CC=O)CC(=O)O)NCC=O)[C@@H]2C. The molecule has 70 heavy (non-hydrogen) atoms. The van der Waals surface area contributed by atoms with Gasteiger partial charge in [0.25, 0.3) is 0 Å². The lowest BCUT2D eigenvalue weighted by Crippen LogP contribution is -2.43. The Balaban J connectivity index is 1.12. The maximum Gasteiger partial charge on any atom is 0.317 e. The van der Waals surface area contributed by atoms with Gasteiger partial charge in [0.1, 0.15) is 12.6 Å². The summed E-state index contributed by atoms with van der Waals surface area (Å²) < 4.78 is 0. The average molecular weight is 957 g/mol. The summed E-state index contributed by atoms with van der Waals surface area (Å²) in [6.07, 6.45) is 12.1. The number of carboxylic acid groups (broad SMARTS) is 1. The number of aldehydes is 2. The molecule has 3 atom stereocenters. The van der Waals surface area contributed by atoms with Gasteiger partial charge in [0, 0.05) is 65.6 Å². The van der Waals surface area contributed by atoms with Crippen LogP contribution >= 0.6 is 0 Å². The Hall–Kier alpha value is -6.16. The van der Waals surface area contributed by atoms with Gasteiger partial charge in [-0.15, -0.1) is 0 Å². The van der Waals surface area contributed by atoms with Crippen molar-refractivity contribution in [2.45, 2.75) is 137 Å². The number of nitrogens with one attached hydrogen (secondary N) is 5. The number of aromatic nitrogens is 4. The number of hydrogen-bond donors (Lipinski definition) is 6. The molecule has 3 aromatic rings. The molecule has 3 aliphatic rings. The van der Waals surface area contributed by atoms with Crippen molar-refractivity contribution in [3.05, 3.63) is 86.5 Å². The number of amides is 1. The fourth-order valence-electron chi connectivity index (χ4n) is 10.6. The zero-order chi connectivity index (χ0) is 50.6. The molecule has 0 spiro atoms. The molecular weight excluding hydrogens is 885 g/mol. The third kappa shape index (κ3) is 11.9. The summed E-state index contributed by atoms with van der Waals surface area (Å²) in [5.74, 6) is -1.28. The summed E-state index contributed by atoms with van der Waals surface area (Å²) >= 11 is 0. The van der Waals surface area contributed by atoms with Gasteiger partial charge in [-0.25, -0.2) is 4.98 Å². The summed E-state index contributed by atoms with van der Waals surface area (Å²) in [7, 11) is 0. The second-order valence-electron chi connectivity index (χ2n) is 18.8. The predicted molar refractivity (Wildman–Crippen MR) is 277 cm³/mol. The highest BCUT2D eigenvalue weighted by atomic mass is 16.4. The van der Waals surface area contributed by atoms with Crippen molar-refractivity contribution in [3.63, 3.8) is 0 Å². The van der Waals surface area contributed by atoms with Crippen molar-refractivity contribution in [1.29, 1.82) is 0 Å². The molecule has 6 N–H and O–H groups in total. The van der Waals surface area contributed by atoms with Crippen LogP contribution in [0.3, 0.4) is 0 Å². The van der Waals surface area contributed by atoms with Gasteiger partial charge in [-0.1, -0.05) is 52.3 Å². The summed E-state index contributed by atoms with van der Waals surface area (Å²) in [5.41, 5.74) is 16.0. The molecule has 5 heterocycles. The number of hydrogen-bond acceptors (Lipinski definition) is 11. The number of fused-ring (bicyclic) bond motifs is 8. The van der Waals surface area contributed by atoms with E-state index in [2.05, 4.69) is 79.2 Å². The number of aromatic amines is 2. The molecule has 15 heteroatoms. The van der Waals surface area contributed by atoms with Crippen molar-refractivity contribution < 1.29 is 33.9 Å². The number of aryl methyl sites for hydroxylation is 3. The Morgan fingerprint density at radius 1 is 0.929 bits per heavy atom. The summed E-state index contributed by atoms with van der Waals surface area (Å²) in [5, 5.41) is 18.3. The van der Waals surface area contributed by atoms with Gasteiger partial charge in [0.2, 0.25) is 5.91 Å². The molecule has 8 bridgehead atoms. The van der Waals surface area contributed by atoms with Gasteiger partial charge >= 0.3 is 5.97 Å². The van der Waals surface area contributed by atoms with Gasteiger partial charge < -0.3 is 40.6 Å². The van der Waals surface area contributed by atoms with Crippen LogP contribution in [0.25, 0.3) is 39.3 Å². The molecule has 1 aliphatic carbocycles. The van der Waals surface area contributed by atoms with E-state index < -0.39 is 12.0 Å². The van der Waals surface area contributed by atoms with E-state index in [4.69, 9.17) is 15.1 Å². The average Bonchev–Trinajstić information content (AvgIpc) is 4.10. The van der Waals surface area contributed by atoms with Crippen LogP contribution in [0.1, 0.15) is 165 Å². The molecule has 3 aromatic heterocycles. The third-order valence-corrected chi connectivity index (χ3v) is 14.4. The van der Waals surface area contributed by atoms with Crippen molar-refractivity contribution in [3.8, 4) is 0 Å². The van der Waals surface area contributed by atoms with E-state index in [1.165, 1.54) is 16.0 Å². The monoisotopic (exact) mass is 957 g/mol. The van der Waals surface area contributed by atoms with Gasteiger partial charge in [-0.3, -0.25) is 29.1 Å². The van der Waals surface area contributed by atoms with E-state index in [9.17, 15) is 28.8 Å². The first-order valence-electron chi connectivity index (χ1n) is 25.1. The summed E-state index contributed by atoms with van der Waals surface area (Å²) in [6.45, 7) is 19.7. The largest absolute Gasteiger partial charge is 0.480 e. The van der Waals surface area contributed by atoms with Crippen LogP contribution in [0.2, 0.25) is 0 Å². The molecule has 374 valence electrons. The minimum atomic E-state index is -1.04. The fraction of sp³-hybridized carbons (Fsp3) is 0.491. The van der Waals surface area contributed by atoms with Gasteiger partial charge in [-0.2, -0.15) is 0 Å². The lowest BCUT2D eigenvalue weighted by Gasteiger charge is -2.21. The number of H-pyrrole nitrogens is 2. The van der Waals surface area contributed by atoms with E-state index in [-0.39, 0.29) is 62.0 Å². The highest BCUT2D eigenvalue weighted by Gasteiger charge is 2.37. The number of carboxylic acids is 1. The number of aliphatic carboxylic acids is 1. The van der Waals surface area contributed by atoms with Crippen LogP contribution in [-0.2, 0) is 36.8 Å². The smallest absolute Gasteiger partial charge is 0.317 e. The van der Waals surface area contributed by atoms with Crippen LogP contribution in [0.15, 0.2) is 30.4 Å². The summed E-state index contributed by atoms with van der Waals surface area (Å²) in [4.78, 5) is 93.6. The van der Waals surface area contributed by atoms with Crippen molar-refractivity contribution in [2.75, 3.05) is 39.4 Å². The number of nitrogens with zero attached hydrogens (tertiary/aromatic N) is 3. The van der Waals surface area contributed by atoms with E-state index in [1.807, 2.05) is 26.0 Å². The fourth-order valence-corrected chi connectivity index (χ4v) is 10.6. The minimum Gasteiger partial charge on any atom is -0.480 e.